The molecule has 1 atom stereocenters. The highest BCUT2D eigenvalue weighted by molar-refractivity contribution is 7.89. The number of benzene rings is 1. The van der Waals surface area contributed by atoms with E-state index in [1.807, 2.05) is 19.9 Å². The van der Waals surface area contributed by atoms with Gasteiger partial charge >= 0.3 is 0 Å². The van der Waals surface area contributed by atoms with Crippen LogP contribution in [0.15, 0.2) is 47.5 Å². The van der Waals surface area contributed by atoms with Crippen LogP contribution in [0.2, 0.25) is 0 Å². The van der Waals surface area contributed by atoms with E-state index in [-0.39, 0.29) is 16.8 Å². The van der Waals surface area contributed by atoms with Gasteiger partial charge in [-0.2, -0.15) is 4.31 Å². The van der Waals surface area contributed by atoms with Crippen molar-refractivity contribution in [1.29, 1.82) is 0 Å². The molecule has 1 fully saturated rings. The van der Waals surface area contributed by atoms with E-state index >= 15 is 0 Å². The van der Waals surface area contributed by atoms with E-state index in [4.69, 9.17) is 0 Å². The number of hydrogen-bond acceptors (Lipinski definition) is 4. The molecule has 1 amide bonds. The first kappa shape index (κ1) is 18.5. The number of amides is 1. The van der Waals surface area contributed by atoms with Gasteiger partial charge < -0.3 is 5.32 Å². The molecule has 6 nitrogen and oxygen atoms in total. The van der Waals surface area contributed by atoms with Crippen molar-refractivity contribution in [3.8, 4) is 0 Å². The molecule has 1 saturated heterocycles. The third-order valence-electron chi connectivity index (χ3n) is 4.71. The number of aryl methyl sites for hydroxylation is 1. The Morgan fingerprint density at radius 1 is 1.19 bits per heavy atom. The Balaban J connectivity index is 1.77. The van der Waals surface area contributed by atoms with Gasteiger partial charge in [0.1, 0.15) is 5.82 Å². The Hall–Kier alpha value is -2.25. The fourth-order valence-electron chi connectivity index (χ4n) is 3.14. The maximum Gasteiger partial charge on any atom is 0.256 e. The molecule has 3 rings (SSSR count). The highest BCUT2D eigenvalue weighted by atomic mass is 32.2. The number of nitrogens with zero attached hydrogens (tertiary/aromatic N) is 2. The standard InChI is InChI=1S/C19H23N3O3S/c1-14-6-5-12-20-18(14)21-19(23)16-8-10-17(11-9-16)26(24,25)22-13-4-3-7-15(22)2/h5-6,8-12,15H,3-4,7,13H2,1-2H3,(H,20,21,23). The summed E-state index contributed by atoms with van der Waals surface area (Å²) < 4.78 is 27.2. The van der Waals surface area contributed by atoms with Gasteiger partial charge in [-0.15, -0.1) is 0 Å². The summed E-state index contributed by atoms with van der Waals surface area (Å²) in [6.45, 7) is 4.34. The van der Waals surface area contributed by atoms with Crippen LogP contribution in [0.4, 0.5) is 5.82 Å². The van der Waals surface area contributed by atoms with Crippen LogP contribution >= 0.6 is 0 Å². The normalized spacial score (nSPS) is 18.5. The summed E-state index contributed by atoms with van der Waals surface area (Å²) in [6.07, 6.45) is 4.42. The van der Waals surface area contributed by atoms with Crippen molar-refractivity contribution in [3.63, 3.8) is 0 Å². The van der Waals surface area contributed by atoms with E-state index in [9.17, 15) is 13.2 Å². The molecule has 0 saturated carbocycles. The number of nitrogens with one attached hydrogen (secondary N) is 1. The number of carbonyl (C=O) groups is 1. The number of carbonyl (C=O) groups excluding carboxylic acids is 1. The van der Waals surface area contributed by atoms with E-state index < -0.39 is 10.0 Å². The van der Waals surface area contributed by atoms with Crippen LogP contribution in [0.1, 0.15) is 42.1 Å². The molecular weight excluding hydrogens is 350 g/mol. The van der Waals surface area contributed by atoms with E-state index in [1.165, 1.54) is 24.3 Å². The predicted molar refractivity (Wildman–Crippen MR) is 101 cm³/mol. The maximum atomic E-state index is 12.8. The first-order valence-electron chi connectivity index (χ1n) is 8.74. The second kappa shape index (κ2) is 7.55. The molecular formula is C19H23N3O3S. The third kappa shape index (κ3) is 3.78. The van der Waals surface area contributed by atoms with Crippen molar-refractivity contribution in [2.75, 3.05) is 11.9 Å². The molecule has 2 heterocycles. The Labute approximate surface area is 154 Å². The zero-order chi connectivity index (χ0) is 18.7. The quantitative estimate of drug-likeness (QED) is 0.892. The molecule has 1 aliphatic heterocycles. The van der Waals surface area contributed by atoms with Crippen LogP contribution in [-0.2, 0) is 10.0 Å². The first-order chi connectivity index (χ1) is 12.4. The number of sulfonamides is 1. The van der Waals surface area contributed by atoms with Crippen LogP contribution in [-0.4, -0.2) is 36.2 Å². The van der Waals surface area contributed by atoms with Gasteiger partial charge in [-0.25, -0.2) is 13.4 Å². The Morgan fingerprint density at radius 3 is 2.58 bits per heavy atom. The van der Waals surface area contributed by atoms with E-state index in [0.717, 1.165) is 24.8 Å². The fraction of sp³-hybridized carbons (Fsp3) is 0.368. The van der Waals surface area contributed by atoms with Crippen molar-refractivity contribution >= 4 is 21.7 Å². The summed E-state index contributed by atoms with van der Waals surface area (Å²) in [5, 5.41) is 2.75. The van der Waals surface area contributed by atoms with Crippen molar-refractivity contribution in [2.45, 2.75) is 44.0 Å². The van der Waals surface area contributed by atoms with Gasteiger partial charge in [-0.3, -0.25) is 4.79 Å². The number of pyridine rings is 1. The lowest BCUT2D eigenvalue weighted by atomic mass is 10.1. The summed E-state index contributed by atoms with van der Waals surface area (Å²) in [4.78, 5) is 16.7. The molecule has 1 aromatic heterocycles. The zero-order valence-corrected chi connectivity index (χ0v) is 15.8. The highest BCUT2D eigenvalue weighted by Crippen LogP contribution is 2.25. The second-order valence-corrected chi connectivity index (χ2v) is 8.50. The van der Waals surface area contributed by atoms with Gasteiger partial charge in [0.15, 0.2) is 0 Å². The molecule has 2 aromatic rings. The van der Waals surface area contributed by atoms with Gasteiger partial charge in [-0.05, 0) is 62.6 Å². The molecule has 0 spiro atoms. The second-order valence-electron chi connectivity index (χ2n) is 6.61. The summed E-state index contributed by atoms with van der Waals surface area (Å²) in [5.41, 5.74) is 1.25. The monoisotopic (exact) mass is 373 g/mol. The SMILES string of the molecule is Cc1cccnc1NC(=O)c1ccc(S(=O)(=O)N2CCCCC2C)cc1. The minimum atomic E-state index is -3.53. The summed E-state index contributed by atoms with van der Waals surface area (Å²) in [6, 6.07) is 9.73. The molecule has 0 radical (unpaired) electrons. The molecule has 1 aliphatic rings. The summed E-state index contributed by atoms with van der Waals surface area (Å²) in [5.74, 6) is 0.179. The molecule has 26 heavy (non-hydrogen) atoms. The minimum absolute atomic E-state index is 0.00357. The molecule has 1 aromatic carbocycles. The Kier molecular flexibility index (Phi) is 5.38. The van der Waals surface area contributed by atoms with E-state index in [1.54, 1.807) is 16.6 Å². The zero-order valence-electron chi connectivity index (χ0n) is 15.0. The first-order valence-corrected chi connectivity index (χ1v) is 10.2. The predicted octanol–water partition coefficient (Wildman–Crippen LogP) is 3.21. The van der Waals surface area contributed by atoms with Gasteiger partial charge in [0.2, 0.25) is 10.0 Å². The van der Waals surface area contributed by atoms with Crippen molar-refractivity contribution in [3.05, 3.63) is 53.7 Å². The molecule has 7 heteroatoms. The summed E-state index contributed by atoms with van der Waals surface area (Å²) >= 11 is 0. The van der Waals surface area contributed by atoms with Crippen molar-refractivity contribution in [1.82, 2.24) is 9.29 Å². The maximum absolute atomic E-state index is 12.8. The Bertz CT molecular complexity index is 895. The topological polar surface area (TPSA) is 79.4 Å². The number of rotatable bonds is 4. The van der Waals surface area contributed by atoms with Gasteiger partial charge in [0.25, 0.3) is 5.91 Å². The number of hydrogen-bond donors (Lipinski definition) is 1. The number of aromatic nitrogens is 1. The average molecular weight is 373 g/mol. The van der Waals surface area contributed by atoms with Crippen molar-refractivity contribution in [2.24, 2.45) is 0 Å². The third-order valence-corrected chi connectivity index (χ3v) is 6.73. The average Bonchev–Trinajstić information content (AvgIpc) is 2.64. The lowest BCUT2D eigenvalue weighted by molar-refractivity contribution is 0.102. The van der Waals surface area contributed by atoms with Crippen LogP contribution in [0.3, 0.4) is 0 Å². The van der Waals surface area contributed by atoms with Gasteiger partial charge in [-0.1, -0.05) is 12.5 Å². The largest absolute Gasteiger partial charge is 0.306 e. The smallest absolute Gasteiger partial charge is 0.256 e. The van der Waals surface area contributed by atoms with Crippen LogP contribution < -0.4 is 5.32 Å². The molecule has 138 valence electrons. The molecule has 1 unspecified atom stereocenters. The van der Waals surface area contributed by atoms with Crippen molar-refractivity contribution < 1.29 is 13.2 Å². The van der Waals surface area contributed by atoms with Crippen LogP contribution in [0, 0.1) is 6.92 Å². The minimum Gasteiger partial charge on any atom is -0.306 e. The Morgan fingerprint density at radius 2 is 1.92 bits per heavy atom. The van der Waals surface area contributed by atoms with E-state index in [2.05, 4.69) is 10.3 Å². The lowest BCUT2D eigenvalue weighted by Crippen LogP contribution is -2.41. The fourth-order valence-corrected chi connectivity index (χ4v) is 4.84. The van der Waals surface area contributed by atoms with Gasteiger partial charge in [0.05, 0.1) is 4.90 Å². The molecule has 0 bridgehead atoms. The van der Waals surface area contributed by atoms with Gasteiger partial charge in [0, 0.05) is 24.3 Å². The highest BCUT2D eigenvalue weighted by Gasteiger charge is 2.30. The van der Waals surface area contributed by atoms with Crippen LogP contribution in [0.5, 0.6) is 0 Å². The number of piperidine rings is 1. The summed E-state index contributed by atoms with van der Waals surface area (Å²) in [7, 11) is -3.53. The van der Waals surface area contributed by atoms with E-state index in [0.29, 0.717) is 17.9 Å². The van der Waals surface area contributed by atoms with Crippen LogP contribution in [0.25, 0.3) is 0 Å². The lowest BCUT2D eigenvalue weighted by Gasteiger charge is -2.32. The molecule has 0 aliphatic carbocycles. The number of anilines is 1. The molecule has 1 N–H and O–H groups in total.